The average Bonchev–Trinajstić information content (AvgIpc) is 3.54. The molecule has 1 aliphatic heterocycles. The lowest BCUT2D eigenvalue weighted by Crippen LogP contribution is -2.28. The van der Waals surface area contributed by atoms with Crippen molar-refractivity contribution < 1.29 is 19.3 Å². The molecule has 2 unspecified atom stereocenters. The van der Waals surface area contributed by atoms with Crippen LogP contribution in [0.1, 0.15) is 66.5 Å². The molecule has 0 bridgehead atoms. The second-order valence-electron chi connectivity index (χ2n) is 12.5. The highest BCUT2D eigenvalue weighted by Crippen LogP contribution is 2.45. The van der Waals surface area contributed by atoms with Gasteiger partial charge >= 0.3 is 0 Å². The zero-order chi connectivity index (χ0) is 34.8. The molecule has 1 aromatic heterocycles. The van der Waals surface area contributed by atoms with Crippen LogP contribution in [0.4, 0.5) is 0 Å². The molecule has 49 heavy (non-hydrogen) atoms. The number of halogens is 2. The summed E-state index contributed by atoms with van der Waals surface area (Å²) in [5.41, 5.74) is 6.31. The molecule has 1 saturated heterocycles. The predicted molar refractivity (Wildman–Crippen MR) is 195 cm³/mol. The largest absolute Gasteiger partial charge is 0.495 e. The second-order valence-corrected chi connectivity index (χ2v) is 13.3. The van der Waals surface area contributed by atoms with Crippen molar-refractivity contribution in [3.63, 3.8) is 0 Å². The van der Waals surface area contributed by atoms with E-state index in [1.807, 2.05) is 43.3 Å². The molecule has 0 amide bonds. The number of nitrogens with zero attached hydrogens (tertiary/aromatic N) is 3. The summed E-state index contributed by atoms with van der Waals surface area (Å²) in [6.07, 6.45) is 8.86. The van der Waals surface area contributed by atoms with Crippen LogP contribution < -0.4 is 19.5 Å². The molecule has 3 aromatic carbocycles. The van der Waals surface area contributed by atoms with Crippen molar-refractivity contribution in [2.24, 2.45) is 0 Å². The van der Waals surface area contributed by atoms with Crippen LogP contribution in [0.25, 0.3) is 11.1 Å². The lowest BCUT2D eigenvalue weighted by atomic mass is 9.96. The Balaban J connectivity index is 0.000000595. The highest BCUT2D eigenvalue weighted by atomic mass is 35.5. The second kappa shape index (κ2) is 17.7. The Morgan fingerprint density at radius 2 is 1.80 bits per heavy atom. The van der Waals surface area contributed by atoms with E-state index in [1.54, 1.807) is 19.4 Å². The number of piperidine rings is 1. The van der Waals surface area contributed by atoms with Crippen molar-refractivity contribution in [2.45, 2.75) is 64.3 Å². The number of hydrogen-bond acceptors (Lipinski definition) is 8. The summed E-state index contributed by atoms with van der Waals surface area (Å²) < 4.78 is 18.2. The maximum Gasteiger partial charge on any atom is 0.142 e. The van der Waals surface area contributed by atoms with Crippen LogP contribution in [0.2, 0.25) is 10.0 Å². The summed E-state index contributed by atoms with van der Waals surface area (Å²) in [4.78, 5) is 6.51. The number of nitriles is 1. The number of fused-ring (bicyclic) bond motifs is 1. The average molecular weight is 704 g/mol. The summed E-state index contributed by atoms with van der Waals surface area (Å²) in [6.45, 7) is 5.18. The van der Waals surface area contributed by atoms with Gasteiger partial charge in [-0.2, -0.15) is 5.26 Å². The summed E-state index contributed by atoms with van der Waals surface area (Å²) in [5.74, 6) is 1.73. The fraction of sp³-hybridized carbons (Fsp3) is 0.385. The molecule has 10 heteroatoms. The minimum absolute atomic E-state index is 0.00178. The Bertz CT molecular complexity index is 1760. The molecule has 0 radical (unpaired) electrons. The number of rotatable bonds is 11. The molecule has 0 saturated carbocycles. The predicted octanol–water partition coefficient (Wildman–Crippen LogP) is 8.15. The number of aromatic nitrogens is 1. The van der Waals surface area contributed by atoms with E-state index in [2.05, 4.69) is 40.5 Å². The molecule has 2 heterocycles. The van der Waals surface area contributed by atoms with Crippen LogP contribution in [0.5, 0.6) is 17.2 Å². The Labute approximate surface area is 299 Å². The lowest BCUT2D eigenvalue weighted by molar-refractivity contribution is 0.205. The van der Waals surface area contributed by atoms with E-state index in [1.165, 1.54) is 44.1 Å². The van der Waals surface area contributed by atoms with Crippen molar-refractivity contribution in [3.05, 3.63) is 105 Å². The van der Waals surface area contributed by atoms with Gasteiger partial charge < -0.3 is 29.5 Å². The van der Waals surface area contributed by atoms with Crippen LogP contribution in [0.15, 0.2) is 67.0 Å². The number of methoxy groups -OCH3 is 1. The smallest absolute Gasteiger partial charge is 0.142 e. The third kappa shape index (κ3) is 9.45. The maximum absolute atomic E-state index is 9.47. The standard InChI is InChI=1S/C33H31Cl2N3O4.C6H13N/c1-20(18-39)38-17-23-12-28(34)32(13-31(23)41-19-22-11-21(14-36)15-37-16-22)42-29-10-9-25-24(5-3-6-26(25)29)27-7-4-8-30(40-2)33(27)35;1-7-5-3-2-4-6-7/h3-8,11-13,15-16,20,29,38-39H,9-10,17-19H2,1-2H3;2-6H2,1H3. The Morgan fingerprint density at radius 3 is 2.51 bits per heavy atom. The Kier molecular flexibility index (Phi) is 13.2. The molecule has 8 nitrogen and oxygen atoms in total. The summed E-state index contributed by atoms with van der Waals surface area (Å²) in [6, 6.07) is 19.3. The SMILES string of the molecule is CN1CCCCC1.COc1cccc(-c2cccc3c2CCC3Oc2cc(OCc3cncc(C#N)c3)c(CNC(C)CO)cc2Cl)c1Cl. The molecule has 4 aromatic rings. The van der Waals surface area contributed by atoms with E-state index >= 15 is 0 Å². The van der Waals surface area contributed by atoms with Gasteiger partial charge in [-0.3, -0.25) is 4.98 Å². The molecule has 1 fully saturated rings. The van der Waals surface area contributed by atoms with Gasteiger partial charge in [0.15, 0.2) is 0 Å². The first-order chi connectivity index (χ1) is 23.8. The van der Waals surface area contributed by atoms with Crippen LogP contribution >= 0.6 is 23.2 Å². The van der Waals surface area contributed by atoms with Gasteiger partial charge in [0.1, 0.15) is 36.0 Å². The van der Waals surface area contributed by atoms with Gasteiger partial charge in [-0.25, -0.2) is 0 Å². The molecule has 2 atom stereocenters. The zero-order valence-electron chi connectivity index (χ0n) is 28.3. The molecular formula is C39H44Cl2N4O4. The molecule has 0 spiro atoms. The number of aliphatic hydroxyl groups is 1. The van der Waals surface area contributed by atoms with Crippen molar-refractivity contribution in [1.29, 1.82) is 5.26 Å². The highest BCUT2D eigenvalue weighted by Gasteiger charge is 2.28. The first-order valence-electron chi connectivity index (χ1n) is 16.7. The number of nitrogens with one attached hydrogen (secondary N) is 1. The van der Waals surface area contributed by atoms with Gasteiger partial charge in [0.25, 0.3) is 0 Å². The van der Waals surface area contributed by atoms with Crippen molar-refractivity contribution in [2.75, 3.05) is 33.9 Å². The fourth-order valence-electron chi connectivity index (χ4n) is 6.15. The highest BCUT2D eigenvalue weighted by molar-refractivity contribution is 6.35. The van der Waals surface area contributed by atoms with E-state index in [4.69, 9.17) is 37.4 Å². The van der Waals surface area contributed by atoms with E-state index in [0.29, 0.717) is 39.4 Å². The minimum Gasteiger partial charge on any atom is -0.495 e. The van der Waals surface area contributed by atoms with E-state index < -0.39 is 0 Å². The number of likely N-dealkylation sites (tertiary alicyclic amines) is 1. The maximum atomic E-state index is 9.47. The van der Waals surface area contributed by atoms with Gasteiger partial charge in [-0.05, 0) is 87.6 Å². The first-order valence-corrected chi connectivity index (χ1v) is 17.5. The summed E-state index contributed by atoms with van der Waals surface area (Å²) in [5, 5.41) is 23.0. The zero-order valence-corrected chi connectivity index (χ0v) is 29.9. The third-order valence-corrected chi connectivity index (χ3v) is 9.57. The molecule has 2 N–H and O–H groups in total. The Hall–Kier alpha value is -3.84. The van der Waals surface area contributed by atoms with Gasteiger partial charge in [0, 0.05) is 47.7 Å². The molecule has 1 aliphatic carbocycles. The summed E-state index contributed by atoms with van der Waals surface area (Å²) >= 11 is 13.4. The van der Waals surface area contributed by atoms with Gasteiger partial charge in [0.05, 0.1) is 29.3 Å². The fourth-order valence-corrected chi connectivity index (χ4v) is 6.68. The quantitative estimate of drug-likeness (QED) is 0.162. The van der Waals surface area contributed by atoms with Crippen LogP contribution in [0, 0.1) is 11.3 Å². The molecular weight excluding hydrogens is 659 g/mol. The van der Waals surface area contributed by atoms with Gasteiger partial charge in [-0.1, -0.05) is 60.0 Å². The molecule has 2 aliphatic rings. The van der Waals surface area contributed by atoms with E-state index in [9.17, 15) is 10.4 Å². The van der Waals surface area contributed by atoms with E-state index in [0.717, 1.165) is 40.7 Å². The molecule has 258 valence electrons. The third-order valence-electron chi connectivity index (χ3n) is 8.89. The van der Waals surface area contributed by atoms with Gasteiger partial charge in [0.2, 0.25) is 0 Å². The number of pyridine rings is 1. The van der Waals surface area contributed by atoms with E-state index in [-0.39, 0.29) is 25.4 Å². The molecule has 6 rings (SSSR count). The number of aliphatic hydroxyl groups excluding tert-OH is 1. The minimum atomic E-state index is -0.204. The lowest BCUT2D eigenvalue weighted by Gasteiger charge is -2.20. The first kappa shape index (κ1) is 36.4. The number of hydrogen-bond donors (Lipinski definition) is 2. The van der Waals surface area contributed by atoms with Gasteiger partial charge in [-0.15, -0.1) is 0 Å². The van der Waals surface area contributed by atoms with Crippen LogP contribution in [-0.2, 0) is 19.6 Å². The topological polar surface area (TPSA) is 99.9 Å². The monoisotopic (exact) mass is 702 g/mol. The normalized spacial score (nSPS) is 16.1. The van der Waals surface area contributed by atoms with Crippen LogP contribution in [-0.4, -0.2) is 54.9 Å². The summed E-state index contributed by atoms with van der Waals surface area (Å²) in [7, 11) is 3.81. The van der Waals surface area contributed by atoms with Crippen molar-refractivity contribution in [1.82, 2.24) is 15.2 Å². The van der Waals surface area contributed by atoms with Crippen molar-refractivity contribution in [3.8, 4) is 34.4 Å². The Morgan fingerprint density at radius 1 is 1.02 bits per heavy atom. The number of benzene rings is 3. The number of ether oxygens (including phenoxy) is 3. The van der Waals surface area contributed by atoms with Crippen LogP contribution in [0.3, 0.4) is 0 Å². The van der Waals surface area contributed by atoms with Crippen molar-refractivity contribution >= 4 is 23.2 Å².